The van der Waals surface area contributed by atoms with E-state index < -0.39 is 5.97 Å². The number of anilines is 1. The lowest BCUT2D eigenvalue weighted by molar-refractivity contribution is -0.142. The summed E-state index contributed by atoms with van der Waals surface area (Å²) in [7, 11) is 0. The molecule has 0 saturated carbocycles. The van der Waals surface area contributed by atoms with E-state index in [2.05, 4.69) is 15.1 Å². The van der Waals surface area contributed by atoms with E-state index >= 15 is 0 Å². The Morgan fingerprint density at radius 2 is 1.96 bits per heavy atom. The summed E-state index contributed by atoms with van der Waals surface area (Å²) in [4.78, 5) is 18.0. The van der Waals surface area contributed by atoms with Gasteiger partial charge in [0.15, 0.2) is 5.82 Å². The number of fused-ring (bicyclic) bond motifs is 3. The van der Waals surface area contributed by atoms with Gasteiger partial charge in [-0.15, -0.1) is 10.2 Å². The van der Waals surface area contributed by atoms with Gasteiger partial charge in [-0.25, -0.2) is 4.98 Å². The van der Waals surface area contributed by atoms with Gasteiger partial charge in [0, 0.05) is 13.1 Å². The van der Waals surface area contributed by atoms with E-state index in [4.69, 9.17) is 10.1 Å². The molecule has 1 saturated heterocycles. The first-order valence-corrected chi connectivity index (χ1v) is 7.73. The Kier molecular flexibility index (Phi) is 3.14. The van der Waals surface area contributed by atoms with Gasteiger partial charge in [0.2, 0.25) is 5.65 Å². The van der Waals surface area contributed by atoms with Crippen LogP contribution in [0.1, 0.15) is 18.7 Å². The molecular weight excluding hydrogens is 294 g/mol. The molecule has 0 atom stereocenters. The van der Waals surface area contributed by atoms with E-state index in [9.17, 15) is 4.79 Å². The summed E-state index contributed by atoms with van der Waals surface area (Å²) < 4.78 is 2.01. The molecule has 7 heteroatoms. The predicted octanol–water partition coefficient (Wildman–Crippen LogP) is 1.89. The molecule has 0 aliphatic carbocycles. The maximum atomic E-state index is 11.1. The zero-order chi connectivity index (χ0) is 16.0. The van der Waals surface area contributed by atoms with Gasteiger partial charge in [0.1, 0.15) is 5.82 Å². The van der Waals surface area contributed by atoms with Crippen LogP contribution < -0.4 is 4.90 Å². The average Bonchev–Trinajstić information content (AvgIpc) is 2.96. The van der Waals surface area contributed by atoms with Crippen LogP contribution in [0.4, 0.5) is 5.82 Å². The van der Waals surface area contributed by atoms with Crippen LogP contribution in [0.25, 0.3) is 16.7 Å². The second-order valence-corrected chi connectivity index (χ2v) is 5.93. The minimum Gasteiger partial charge on any atom is -0.481 e. The van der Waals surface area contributed by atoms with Crippen molar-refractivity contribution in [2.24, 2.45) is 5.92 Å². The standard InChI is InChI=1S/C16H17N5O2/c1-10-18-19-15-14(20-8-6-11(7-9-20)16(22)23)17-12-4-2-3-5-13(12)21(10)15/h2-5,11H,6-9H2,1H3,(H,22,23). The van der Waals surface area contributed by atoms with Gasteiger partial charge in [0.05, 0.1) is 17.0 Å². The van der Waals surface area contributed by atoms with Gasteiger partial charge < -0.3 is 10.0 Å². The highest BCUT2D eigenvalue weighted by Crippen LogP contribution is 2.28. The molecule has 3 heterocycles. The van der Waals surface area contributed by atoms with Crippen molar-refractivity contribution in [3.05, 3.63) is 30.1 Å². The van der Waals surface area contributed by atoms with E-state index in [0.717, 1.165) is 28.3 Å². The Morgan fingerprint density at radius 1 is 1.22 bits per heavy atom. The number of benzene rings is 1. The summed E-state index contributed by atoms with van der Waals surface area (Å²) in [6.07, 6.45) is 1.26. The summed E-state index contributed by atoms with van der Waals surface area (Å²) in [5.74, 6) is 0.635. The normalized spacial score (nSPS) is 16.3. The maximum Gasteiger partial charge on any atom is 0.306 e. The number of rotatable bonds is 2. The van der Waals surface area contributed by atoms with Crippen LogP contribution in [-0.4, -0.2) is 43.7 Å². The summed E-state index contributed by atoms with van der Waals surface area (Å²) >= 11 is 0. The second kappa shape index (κ2) is 5.19. The monoisotopic (exact) mass is 311 g/mol. The molecule has 7 nitrogen and oxygen atoms in total. The fraction of sp³-hybridized carbons (Fsp3) is 0.375. The molecular formula is C16H17N5O2. The average molecular weight is 311 g/mol. The van der Waals surface area contributed by atoms with Crippen molar-refractivity contribution in [1.29, 1.82) is 0 Å². The van der Waals surface area contributed by atoms with Gasteiger partial charge in [-0.05, 0) is 31.9 Å². The highest BCUT2D eigenvalue weighted by molar-refractivity contribution is 5.83. The Hall–Kier alpha value is -2.70. The van der Waals surface area contributed by atoms with Crippen molar-refractivity contribution < 1.29 is 9.90 Å². The summed E-state index contributed by atoms with van der Waals surface area (Å²) in [6.45, 7) is 3.26. The highest BCUT2D eigenvalue weighted by Gasteiger charge is 2.27. The molecule has 0 bridgehead atoms. The molecule has 1 N–H and O–H groups in total. The molecule has 2 aromatic heterocycles. The van der Waals surface area contributed by atoms with Crippen molar-refractivity contribution in [3.63, 3.8) is 0 Å². The van der Waals surface area contributed by atoms with Gasteiger partial charge in [-0.3, -0.25) is 9.20 Å². The van der Waals surface area contributed by atoms with Gasteiger partial charge >= 0.3 is 5.97 Å². The molecule has 1 aliphatic rings. The van der Waals surface area contributed by atoms with Crippen LogP contribution in [-0.2, 0) is 4.79 Å². The molecule has 0 spiro atoms. The Balaban J connectivity index is 1.82. The lowest BCUT2D eigenvalue weighted by Crippen LogP contribution is -2.37. The molecule has 1 fully saturated rings. The van der Waals surface area contributed by atoms with Crippen molar-refractivity contribution >= 4 is 28.5 Å². The van der Waals surface area contributed by atoms with Crippen LogP contribution in [0, 0.1) is 12.8 Å². The van der Waals surface area contributed by atoms with Crippen molar-refractivity contribution in [1.82, 2.24) is 19.6 Å². The largest absolute Gasteiger partial charge is 0.481 e. The number of piperidine rings is 1. The fourth-order valence-electron chi connectivity index (χ4n) is 3.26. The van der Waals surface area contributed by atoms with Gasteiger partial charge in [-0.1, -0.05) is 12.1 Å². The number of nitrogens with zero attached hydrogens (tertiary/aromatic N) is 5. The summed E-state index contributed by atoms with van der Waals surface area (Å²) in [6, 6.07) is 7.91. The number of carbonyl (C=O) groups is 1. The fourth-order valence-corrected chi connectivity index (χ4v) is 3.26. The highest BCUT2D eigenvalue weighted by atomic mass is 16.4. The number of aliphatic carboxylic acids is 1. The number of carboxylic acid groups (broad SMARTS) is 1. The third-order valence-electron chi connectivity index (χ3n) is 4.52. The zero-order valence-corrected chi connectivity index (χ0v) is 12.8. The Labute approximate surface area is 132 Å². The SMILES string of the molecule is Cc1nnc2c(N3CCC(C(=O)O)CC3)nc3ccccc3n12. The van der Waals surface area contributed by atoms with Crippen LogP contribution in [0.15, 0.2) is 24.3 Å². The summed E-state index contributed by atoms with van der Waals surface area (Å²) in [5, 5.41) is 17.6. The number of aryl methyl sites for hydroxylation is 1. The molecule has 118 valence electrons. The predicted molar refractivity (Wildman–Crippen MR) is 85.6 cm³/mol. The van der Waals surface area contributed by atoms with Crippen LogP contribution in [0.5, 0.6) is 0 Å². The van der Waals surface area contributed by atoms with E-state index in [-0.39, 0.29) is 5.92 Å². The molecule has 4 rings (SSSR count). The molecule has 0 radical (unpaired) electrons. The quantitative estimate of drug-likeness (QED) is 0.778. The molecule has 3 aromatic rings. The van der Waals surface area contributed by atoms with E-state index in [1.807, 2.05) is 35.6 Å². The molecule has 0 amide bonds. The first-order chi connectivity index (χ1) is 11.1. The zero-order valence-electron chi connectivity index (χ0n) is 12.8. The van der Waals surface area contributed by atoms with E-state index in [0.29, 0.717) is 25.9 Å². The first kappa shape index (κ1) is 13.9. The Morgan fingerprint density at radius 3 is 2.70 bits per heavy atom. The smallest absolute Gasteiger partial charge is 0.306 e. The van der Waals surface area contributed by atoms with Gasteiger partial charge in [0.25, 0.3) is 0 Å². The molecule has 1 aliphatic heterocycles. The minimum atomic E-state index is -0.709. The topological polar surface area (TPSA) is 83.6 Å². The third-order valence-corrected chi connectivity index (χ3v) is 4.52. The second-order valence-electron chi connectivity index (χ2n) is 5.93. The third kappa shape index (κ3) is 2.19. The summed E-state index contributed by atoms with van der Waals surface area (Å²) in [5.41, 5.74) is 2.60. The minimum absolute atomic E-state index is 0.262. The van der Waals surface area contributed by atoms with Crippen molar-refractivity contribution in [2.75, 3.05) is 18.0 Å². The first-order valence-electron chi connectivity index (χ1n) is 7.73. The molecule has 0 unspecified atom stereocenters. The number of hydrogen-bond donors (Lipinski definition) is 1. The van der Waals surface area contributed by atoms with Crippen LogP contribution in [0.3, 0.4) is 0 Å². The number of aromatic nitrogens is 4. The van der Waals surface area contributed by atoms with Gasteiger partial charge in [-0.2, -0.15) is 0 Å². The lowest BCUT2D eigenvalue weighted by Gasteiger charge is -2.31. The van der Waals surface area contributed by atoms with E-state index in [1.165, 1.54) is 0 Å². The Bertz CT molecular complexity index is 896. The molecule has 1 aromatic carbocycles. The van der Waals surface area contributed by atoms with Crippen molar-refractivity contribution in [2.45, 2.75) is 19.8 Å². The van der Waals surface area contributed by atoms with Crippen LogP contribution >= 0.6 is 0 Å². The number of hydrogen-bond acceptors (Lipinski definition) is 5. The van der Waals surface area contributed by atoms with E-state index in [1.54, 1.807) is 0 Å². The van der Waals surface area contributed by atoms with Crippen molar-refractivity contribution in [3.8, 4) is 0 Å². The number of carboxylic acids is 1. The number of para-hydroxylation sites is 2. The maximum absolute atomic E-state index is 11.1. The lowest BCUT2D eigenvalue weighted by atomic mass is 9.97. The molecule has 23 heavy (non-hydrogen) atoms. The van der Waals surface area contributed by atoms with Crippen LogP contribution in [0.2, 0.25) is 0 Å².